The van der Waals surface area contributed by atoms with Crippen LogP contribution in [-0.4, -0.2) is 29.0 Å². The number of benzene rings is 1. The number of nitrogens with zero attached hydrogens (tertiary/aromatic N) is 3. The molecule has 0 saturated heterocycles. The molecule has 0 unspecified atom stereocenters. The van der Waals surface area contributed by atoms with E-state index < -0.39 is 21.8 Å². The second-order valence-electron chi connectivity index (χ2n) is 6.31. The van der Waals surface area contributed by atoms with Crippen molar-refractivity contribution in [2.75, 3.05) is 6.54 Å². The lowest BCUT2D eigenvalue weighted by molar-refractivity contribution is -0.137. The van der Waals surface area contributed by atoms with E-state index in [0.29, 0.717) is 6.54 Å². The summed E-state index contributed by atoms with van der Waals surface area (Å²) in [4.78, 5) is -0.120. The Kier molecular flexibility index (Phi) is 3.69. The van der Waals surface area contributed by atoms with Crippen molar-refractivity contribution >= 4 is 10.0 Å². The third-order valence-electron chi connectivity index (χ3n) is 4.80. The number of hydrogen-bond acceptors (Lipinski definition) is 3. The van der Waals surface area contributed by atoms with E-state index in [4.69, 9.17) is 0 Å². The van der Waals surface area contributed by atoms with Gasteiger partial charge < -0.3 is 0 Å². The van der Waals surface area contributed by atoms with Crippen LogP contribution in [0.5, 0.6) is 0 Å². The Balaban J connectivity index is 1.63. The summed E-state index contributed by atoms with van der Waals surface area (Å²) in [5.41, 5.74) is 2.23. The van der Waals surface area contributed by atoms with E-state index in [1.165, 1.54) is 4.31 Å². The van der Waals surface area contributed by atoms with Gasteiger partial charge >= 0.3 is 6.18 Å². The quantitative estimate of drug-likeness (QED) is 0.815. The Bertz CT molecular complexity index is 917. The van der Waals surface area contributed by atoms with E-state index >= 15 is 0 Å². The molecule has 2 aliphatic rings. The molecule has 0 saturated carbocycles. The van der Waals surface area contributed by atoms with Crippen molar-refractivity contribution in [1.29, 1.82) is 0 Å². The third-order valence-corrected chi connectivity index (χ3v) is 6.66. The fourth-order valence-electron chi connectivity index (χ4n) is 3.50. The zero-order valence-corrected chi connectivity index (χ0v) is 14.1. The minimum Gasteiger partial charge on any atom is -0.266 e. The van der Waals surface area contributed by atoms with E-state index in [0.717, 1.165) is 60.5 Å². The van der Waals surface area contributed by atoms with Crippen LogP contribution in [0, 0.1) is 0 Å². The highest BCUT2D eigenvalue weighted by atomic mass is 32.2. The van der Waals surface area contributed by atoms with Crippen LogP contribution in [-0.2, 0) is 42.1 Å². The SMILES string of the molecule is O=S(=O)(c1ccc(C(F)(F)F)cc1)N1CCn2nc3c(c2C1)CCC3. The first-order valence-electron chi connectivity index (χ1n) is 8.01. The van der Waals surface area contributed by atoms with Crippen LogP contribution in [0.2, 0.25) is 0 Å². The molecular weight excluding hydrogens is 355 g/mol. The standard InChI is InChI=1S/C16H16F3N3O2S/c17-16(18,19)11-4-6-12(7-5-11)25(23,24)21-8-9-22-15(10-21)13-2-1-3-14(13)20-22/h4-7H,1-3,8-10H2. The summed E-state index contributed by atoms with van der Waals surface area (Å²) in [5.74, 6) is 0. The minimum atomic E-state index is -4.49. The molecule has 1 aromatic carbocycles. The number of aryl methyl sites for hydroxylation is 1. The molecule has 0 atom stereocenters. The average Bonchev–Trinajstić information content (AvgIpc) is 3.14. The summed E-state index contributed by atoms with van der Waals surface area (Å²) >= 11 is 0. The summed E-state index contributed by atoms with van der Waals surface area (Å²) < 4.78 is 66.8. The molecule has 0 radical (unpaired) electrons. The predicted molar refractivity (Wildman–Crippen MR) is 83.3 cm³/mol. The van der Waals surface area contributed by atoms with Crippen LogP contribution in [0.25, 0.3) is 0 Å². The number of alkyl halides is 3. The molecule has 1 aliphatic carbocycles. The van der Waals surface area contributed by atoms with E-state index in [9.17, 15) is 21.6 Å². The fraction of sp³-hybridized carbons (Fsp3) is 0.438. The number of fused-ring (bicyclic) bond motifs is 3. The molecule has 5 nitrogen and oxygen atoms in total. The van der Waals surface area contributed by atoms with Gasteiger partial charge in [-0.15, -0.1) is 0 Å². The lowest BCUT2D eigenvalue weighted by atomic mass is 10.2. The van der Waals surface area contributed by atoms with Gasteiger partial charge in [0.25, 0.3) is 0 Å². The molecule has 0 bridgehead atoms. The van der Waals surface area contributed by atoms with E-state index in [1.807, 2.05) is 4.68 Å². The van der Waals surface area contributed by atoms with Crippen molar-refractivity contribution in [3.05, 3.63) is 46.8 Å². The number of hydrogen-bond donors (Lipinski definition) is 0. The van der Waals surface area contributed by atoms with Gasteiger partial charge in [-0.3, -0.25) is 4.68 Å². The fourth-order valence-corrected chi connectivity index (χ4v) is 4.89. The highest BCUT2D eigenvalue weighted by molar-refractivity contribution is 7.89. The second-order valence-corrected chi connectivity index (χ2v) is 8.25. The van der Waals surface area contributed by atoms with Crippen molar-refractivity contribution < 1.29 is 21.6 Å². The maximum Gasteiger partial charge on any atom is 0.416 e. The van der Waals surface area contributed by atoms with Gasteiger partial charge in [0.15, 0.2) is 0 Å². The largest absolute Gasteiger partial charge is 0.416 e. The van der Waals surface area contributed by atoms with Crippen molar-refractivity contribution in [1.82, 2.24) is 14.1 Å². The van der Waals surface area contributed by atoms with Gasteiger partial charge in [-0.1, -0.05) is 0 Å². The molecule has 0 fully saturated rings. The predicted octanol–water partition coefficient (Wildman–Crippen LogP) is 2.60. The molecule has 1 aromatic heterocycles. The van der Waals surface area contributed by atoms with Gasteiger partial charge in [0, 0.05) is 6.54 Å². The lowest BCUT2D eigenvalue weighted by Gasteiger charge is -2.27. The Morgan fingerprint density at radius 3 is 2.44 bits per heavy atom. The Morgan fingerprint density at radius 1 is 1.04 bits per heavy atom. The molecule has 0 amide bonds. The zero-order chi connectivity index (χ0) is 17.8. The number of halogens is 3. The molecule has 2 heterocycles. The molecule has 0 spiro atoms. The highest BCUT2D eigenvalue weighted by Gasteiger charge is 2.34. The van der Waals surface area contributed by atoms with Crippen LogP contribution in [0.3, 0.4) is 0 Å². The molecule has 1 aliphatic heterocycles. The Morgan fingerprint density at radius 2 is 1.76 bits per heavy atom. The molecule has 2 aromatic rings. The van der Waals surface area contributed by atoms with Gasteiger partial charge in [0.1, 0.15) is 0 Å². The second kappa shape index (κ2) is 5.57. The highest BCUT2D eigenvalue weighted by Crippen LogP contribution is 2.32. The minimum absolute atomic E-state index is 0.120. The van der Waals surface area contributed by atoms with E-state index in [-0.39, 0.29) is 18.0 Å². The Labute approximate surface area is 143 Å². The van der Waals surface area contributed by atoms with Crippen LogP contribution >= 0.6 is 0 Å². The lowest BCUT2D eigenvalue weighted by Crippen LogP contribution is -2.38. The van der Waals surface area contributed by atoms with Crippen molar-refractivity contribution in [2.24, 2.45) is 0 Å². The van der Waals surface area contributed by atoms with Gasteiger partial charge in [-0.2, -0.15) is 22.6 Å². The molecule has 9 heteroatoms. The first kappa shape index (κ1) is 16.6. The summed E-state index contributed by atoms with van der Waals surface area (Å²) in [6, 6.07) is 3.65. The van der Waals surface area contributed by atoms with E-state index in [2.05, 4.69) is 5.10 Å². The normalized spacial score (nSPS) is 18.2. The Hall–Kier alpha value is -1.87. The van der Waals surface area contributed by atoms with Crippen LogP contribution in [0.1, 0.15) is 28.9 Å². The van der Waals surface area contributed by atoms with Crippen LogP contribution in [0.4, 0.5) is 13.2 Å². The van der Waals surface area contributed by atoms with Crippen molar-refractivity contribution in [3.63, 3.8) is 0 Å². The summed E-state index contributed by atoms with van der Waals surface area (Å²) in [6.07, 6.45) is -1.64. The van der Waals surface area contributed by atoms with Gasteiger partial charge in [0.2, 0.25) is 10.0 Å². The van der Waals surface area contributed by atoms with Gasteiger partial charge in [0.05, 0.1) is 34.9 Å². The average molecular weight is 371 g/mol. The van der Waals surface area contributed by atoms with E-state index in [1.54, 1.807) is 0 Å². The molecule has 0 N–H and O–H groups in total. The number of sulfonamides is 1. The van der Waals surface area contributed by atoms with Crippen LogP contribution in [0.15, 0.2) is 29.2 Å². The van der Waals surface area contributed by atoms with Crippen LogP contribution < -0.4 is 0 Å². The maximum atomic E-state index is 12.8. The summed E-state index contributed by atoms with van der Waals surface area (Å²) in [7, 11) is -3.84. The third kappa shape index (κ3) is 2.75. The first-order chi connectivity index (χ1) is 11.8. The molecule has 4 rings (SSSR count). The molecular formula is C16H16F3N3O2S. The monoisotopic (exact) mass is 371 g/mol. The molecule has 134 valence electrons. The summed E-state index contributed by atoms with van der Waals surface area (Å²) in [5, 5.41) is 4.53. The molecule has 25 heavy (non-hydrogen) atoms. The van der Waals surface area contributed by atoms with Crippen molar-refractivity contribution in [3.8, 4) is 0 Å². The smallest absolute Gasteiger partial charge is 0.266 e. The van der Waals surface area contributed by atoms with Gasteiger partial charge in [-0.25, -0.2) is 8.42 Å². The van der Waals surface area contributed by atoms with Crippen molar-refractivity contribution in [2.45, 2.75) is 43.4 Å². The summed E-state index contributed by atoms with van der Waals surface area (Å²) in [6.45, 7) is 0.935. The maximum absolute atomic E-state index is 12.8. The van der Waals surface area contributed by atoms with Gasteiger partial charge in [-0.05, 0) is 49.1 Å². The first-order valence-corrected chi connectivity index (χ1v) is 9.45. The number of aromatic nitrogens is 2. The topological polar surface area (TPSA) is 55.2 Å². The number of rotatable bonds is 2. The zero-order valence-electron chi connectivity index (χ0n) is 13.3.